The Morgan fingerprint density at radius 2 is 2.19 bits per heavy atom. The quantitative estimate of drug-likeness (QED) is 0.891. The van der Waals surface area contributed by atoms with Gasteiger partial charge in [0.2, 0.25) is 5.95 Å². The zero-order chi connectivity index (χ0) is 14.1. The summed E-state index contributed by atoms with van der Waals surface area (Å²) >= 11 is 1.82. The molecule has 0 radical (unpaired) electrons. The van der Waals surface area contributed by atoms with Gasteiger partial charge in [0.05, 0.1) is 0 Å². The highest BCUT2D eigenvalue weighted by molar-refractivity contribution is 7.09. The first-order valence-electron chi connectivity index (χ1n) is 7.74. The molecule has 2 aliphatic rings. The number of aryl methyl sites for hydroxylation is 1. The largest absolute Gasteiger partial charge is 0.351 e. The average Bonchev–Trinajstić information content (AvgIpc) is 3.16. The van der Waals surface area contributed by atoms with Crippen molar-refractivity contribution >= 4 is 17.3 Å². The molecule has 0 amide bonds. The molecule has 2 aliphatic carbocycles. The fourth-order valence-electron chi connectivity index (χ4n) is 2.82. The lowest BCUT2D eigenvalue weighted by atomic mass is 9.93. The van der Waals surface area contributed by atoms with Crippen molar-refractivity contribution in [1.82, 2.24) is 15.3 Å². The zero-order valence-electron chi connectivity index (χ0n) is 12.0. The zero-order valence-corrected chi connectivity index (χ0v) is 12.8. The van der Waals surface area contributed by atoms with E-state index in [0.717, 1.165) is 31.8 Å². The Morgan fingerprint density at radius 3 is 3.00 bits per heavy atom. The van der Waals surface area contributed by atoms with Crippen molar-refractivity contribution in [3.05, 3.63) is 39.8 Å². The Bertz CT molecular complexity index is 607. The normalized spacial score (nSPS) is 21.0. The molecule has 4 nitrogen and oxygen atoms in total. The van der Waals surface area contributed by atoms with Crippen LogP contribution in [0.2, 0.25) is 0 Å². The van der Waals surface area contributed by atoms with Crippen molar-refractivity contribution in [2.45, 2.75) is 50.7 Å². The van der Waals surface area contributed by atoms with Crippen LogP contribution in [0.4, 0.5) is 5.95 Å². The second kappa shape index (κ2) is 5.73. The predicted molar refractivity (Wildman–Crippen MR) is 85.6 cm³/mol. The minimum absolute atomic E-state index is 0.547. The Hall–Kier alpha value is -1.46. The number of aromatic nitrogens is 2. The maximum absolute atomic E-state index is 4.69. The molecule has 1 atom stereocenters. The van der Waals surface area contributed by atoms with Crippen LogP contribution in [0.3, 0.4) is 0 Å². The van der Waals surface area contributed by atoms with E-state index in [0.29, 0.717) is 12.1 Å². The van der Waals surface area contributed by atoms with Gasteiger partial charge in [0.1, 0.15) is 0 Å². The van der Waals surface area contributed by atoms with Gasteiger partial charge in [-0.2, -0.15) is 0 Å². The van der Waals surface area contributed by atoms with Crippen LogP contribution in [0.25, 0.3) is 0 Å². The minimum atomic E-state index is 0.547. The third-order valence-electron chi connectivity index (χ3n) is 4.21. The molecule has 110 valence electrons. The summed E-state index contributed by atoms with van der Waals surface area (Å²) in [5.41, 5.74) is 2.55. The van der Waals surface area contributed by atoms with E-state index in [1.54, 1.807) is 0 Å². The third-order valence-corrected chi connectivity index (χ3v) is 5.08. The molecule has 0 spiro atoms. The Morgan fingerprint density at radius 1 is 1.24 bits per heavy atom. The molecule has 5 heteroatoms. The first-order chi connectivity index (χ1) is 10.4. The molecule has 0 bridgehead atoms. The van der Waals surface area contributed by atoms with E-state index in [4.69, 9.17) is 0 Å². The summed E-state index contributed by atoms with van der Waals surface area (Å²) < 4.78 is 0. The summed E-state index contributed by atoms with van der Waals surface area (Å²) in [5.74, 6) is 0.821. The molecular formula is C16H20N4S. The number of rotatable bonds is 5. The van der Waals surface area contributed by atoms with Crippen molar-refractivity contribution in [2.24, 2.45) is 0 Å². The van der Waals surface area contributed by atoms with Crippen LogP contribution in [0.1, 0.15) is 35.4 Å². The molecule has 1 unspecified atom stereocenters. The van der Waals surface area contributed by atoms with Gasteiger partial charge in [-0.15, -0.1) is 11.3 Å². The second-order valence-corrected chi connectivity index (χ2v) is 7.02. The lowest BCUT2D eigenvalue weighted by Gasteiger charge is -2.24. The molecule has 0 aliphatic heterocycles. The first-order valence-corrected chi connectivity index (χ1v) is 8.62. The van der Waals surface area contributed by atoms with Crippen LogP contribution in [0, 0.1) is 0 Å². The van der Waals surface area contributed by atoms with Crippen molar-refractivity contribution < 1.29 is 0 Å². The maximum Gasteiger partial charge on any atom is 0.223 e. The number of nitrogens with one attached hydrogen (secondary N) is 2. The highest BCUT2D eigenvalue weighted by Gasteiger charge is 2.24. The first kappa shape index (κ1) is 13.2. The van der Waals surface area contributed by atoms with Crippen LogP contribution in [0.5, 0.6) is 0 Å². The van der Waals surface area contributed by atoms with Gasteiger partial charge < -0.3 is 10.6 Å². The lowest BCUT2D eigenvalue weighted by molar-refractivity contribution is 0.454. The molecule has 2 aromatic heterocycles. The van der Waals surface area contributed by atoms with E-state index < -0.39 is 0 Å². The van der Waals surface area contributed by atoms with Crippen LogP contribution in [-0.4, -0.2) is 22.1 Å². The predicted octanol–water partition coefficient (Wildman–Crippen LogP) is 2.76. The lowest BCUT2D eigenvalue weighted by Crippen LogP contribution is -2.34. The summed E-state index contributed by atoms with van der Waals surface area (Å²) in [6.07, 6.45) is 7.80. The number of fused-ring (bicyclic) bond motifs is 1. The van der Waals surface area contributed by atoms with Crippen LogP contribution < -0.4 is 10.6 Å². The molecule has 0 aromatic carbocycles. The number of hydrogen-bond acceptors (Lipinski definition) is 5. The standard InChI is InChI=1S/C16H20N4S/c1-2-14(21-7-1)10-17-13-5-6-15-11(8-13)9-18-16(20-15)19-12-3-4-12/h1-2,7,9,12-13,17H,3-6,8,10H2,(H,18,19,20). The van der Waals surface area contributed by atoms with Crippen molar-refractivity contribution in [1.29, 1.82) is 0 Å². The average molecular weight is 300 g/mol. The number of anilines is 1. The van der Waals surface area contributed by atoms with Gasteiger partial charge in [-0.05, 0) is 49.1 Å². The van der Waals surface area contributed by atoms with Gasteiger partial charge >= 0.3 is 0 Å². The van der Waals surface area contributed by atoms with Crippen molar-refractivity contribution in [3.8, 4) is 0 Å². The molecule has 0 saturated heterocycles. The SMILES string of the molecule is c1csc(CNC2CCc3nc(NC4CC4)ncc3C2)c1. The highest BCUT2D eigenvalue weighted by atomic mass is 32.1. The van der Waals surface area contributed by atoms with Gasteiger partial charge in [-0.25, -0.2) is 9.97 Å². The molecule has 2 heterocycles. The molecule has 4 rings (SSSR count). The van der Waals surface area contributed by atoms with Gasteiger partial charge in [-0.1, -0.05) is 6.07 Å². The van der Waals surface area contributed by atoms with E-state index in [1.807, 2.05) is 17.5 Å². The van der Waals surface area contributed by atoms with Gasteiger partial charge in [0, 0.05) is 35.4 Å². The third kappa shape index (κ3) is 3.24. The van der Waals surface area contributed by atoms with Gasteiger partial charge in [0.15, 0.2) is 0 Å². The Balaban J connectivity index is 1.37. The van der Waals surface area contributed by atoms with Crippen molar-refractivity contribution in [3.63, 3.8) is 0 Å². The Kier molecular flexibility index (Phi) is 3.61. The molecule has 2 N–H and O–H groups in total. The minimum Gasteiger partial charge on any atom is -0.351 e. The molecule has 21 heavy (non-hydrogen) atoms. The van der Waals surface area contributed by atoms with E-state index in [2.05, 4.69) is 38.1 Å². The molecule has 1 fully saturated rings. The fourth-order valence-corrected chi connectivity index (χ4v) is 3.48. The highest BCUT2D eigenvalue weighted by Crippen LogP contribution is 2.25. The van der Waals surface area contributed by atoms with Crippen LogP contribution in [-0.2, 0) is 19.4 Å². The molecular weight excluding hydrogens is 280 g/mol. The summed E-state index contributed by atoms with van der Waals surface area (Å²) in [6.45, 7) is 0.972. The summed E-state index contributed by atoms with van der Waals surface area (Å²) in [6, 6.07) is 5.46. The summed E-state index contributed by atoms with van der Waals surface area (Å²) in [5, 5.41) is 9.18. The topological polar surface area (TPSA) is 49.8 Å². The second-order valence-electron chi connectivity index (χ2n) is 5.98. The van der Waals surface area contributed by atoms with E-state index in [-0.39, 0.29) is 0 Å². The number of hydrogen-bond donors (Lipinski definition) is 2. The number of nitrogens with zero attached hydrogens (tertiary/aromatic N) is 2. The van der Waals surface area contributed by atoms with E-state index >= 15 is 0 Å². The fraction of sp³-hybridized carbons (Fsp3) is 0.500. The summed E-state index contributed by atoms with van der Waals surface area (Å²) in [4.78, 5) is 10.6. The monoisotopic (exact) mass is 300 g/mol. The maximum atomic E-state index is 4.69. The Labute approximate surface area is 129 Å². The van der Waals surface area contributed by atoms with Gasteiger partial charge in [0.25, 0.3) is 0 Å². The van der Waals surface area contributed by atoms with Crippen LogP contribution >= 0.6 is 11.3 Å². The van der Waals surface area contributed by atoms with Crippen molar-refractivity contribution in [2.75, 3.05) is 5.32 Å². The summed E-state index contributed by atoms with van der Waals surface area (Å²) in [7, 11) is 0. The smallest absolute Gasteiger partial charge is 0.223 e. The molecule has 1 saturated carbocycles. The molecule has 2 aromatic rings. The van der Waals surface area contributed by atoms with Gasteiger partial charge in [-0.3, -0.25) is 0 Å². The number of thiophene rings is 1. The van der Waals surface area contributed by atoms with E-state index in [1.165, 1.54) is 29.0 Å². The van der Waals surface area contributed by atoms with E-state index in [9.17, 15) is 0 Å². The van der Waals surface area contributed by atoms with Crippen LogP contribution in [0.15, 0.2) is 23.7 Å².